The van der Waals surface area contributed by atoms with Crippen molar-refractivity contribution >= 4 is 17.9 Å². The van der Waals surface area contributed by atoms with Crippen LogP contribution in [0, 0.1) is 0 Å². The van der Waals surface area contributed by atoms with E-state index in [1.807, 2.05) is 78.9 Å². The molecule has 1 saturated heterocycles. The van der Waals surface area contributed by atoms with Gasteiger partial charge in [0.25, 0.3) is 5.91 Å². The predicted molar refractivity (Wildman–Crippen MR) is 202 cm³/mol. The van der Waals surface area contributed by atoms with E-state index in [9.17, 15) is 19.5 Å². The molecule has 5 aromatic rings. The van der Waals surface area contributed by atoms with Crippen molar-refractivity contribution < 1.29 is 43.1 Å². The Bertz CT molecular complexity index is 2070. The highest BCUT2D eigenvalue weighted by atomic mass is 16.7. The molecule has 0 radical (unpaired) electrons. The highest BCUT2D eigenvalue weighted by Gasteiger charge is 2.50. The Morgan fingerprint density at radius 1 is 0.800 bits per heavy atom. The normalized spacial score (nSPS) is 18.3. The summed E-state index contributed by atoms with van der Waals surface area (Å²) in [6, 6.07) is 34.3. The Hall–Kier alpha value is -6.02. The van der Waals surface area contributed by atoms with Crippen molar-refractivity contribution in [1.82, 2.24) is 9.55 Å². The second-order valence-electron chi connectivity index (χ2n) is 13.7. The zero-order valence-corrected chi connectivity index (χ0v) is 31.1. The van der Waals surface area contributed by atoms with Crippen LogP contribution in [0.25, 0.3) is 0 Å². The first-order valence-corrected chi connectivity index (χ1v) is 17.6. The van der Waals surface area contributed by atoms with Crippen LogP contribution in [0.15, 0.2) is 126 Å². The summed E-state index contributed by atoms with van der Waals surface area (Å²) in [6.07, 6.45) is -5.16. The maximum absolute atomic E-state index is 13.5. The summed E-state index contributed by atoms with van der Waals surface area (Å²) in [5.74, 6) is 0.816. The average molecular weight is 750 g/mol. The van der Waals surface area contributed by atoms with Gasteiger partial charge >= 0.3 is 11.8 Å². The molecule has 13 heteroatoms. The molecule has 4 aromatic carbocycles. The van der Waals surface area contributed by atoms with Gasteiger partial charge in [-0.2, -0.15) is 4.98 Å². The topological polar surface area (TPSA) is 157 Å². The minimum Gasteiger partial charge on any atom is -0.497 e. The molecule has 0 saturated carbocycles. The number of hydrogen-bond donors (Lipinski definition) is 2. The third kappa shape index (κ3) is 8.70. The van der Waals surface area contributed by atoms with E-state index in [0.29, 0.717) is 17.1 Å². The van der Waals surface area contributed by atoms with Gasteiger partial charge in [0.2, 0.25) is 0 Å². The molecular weight excluding hydrogens is 706 g/mol. The van der Waals surface area contributed by atoms with E-state index in [2.05, 4.69) is 10.3 Å². The second kappa shape index (κ2) is 16.6. The lowest BCUT2D eigenvalue weighted by Crippen LogP contribution is -2.42. The Morgan fingerprint density at radius 2 is 1.35 bits per heavy atom. The molecule has 0 aliphatic carbocycles. The summed E-state index contributed by atoms with van der Waals surface area (Å²) in [7, 11) is 3.17. The van der Waals surface area contributed by atoms with E-state index >= 15 is 0 Å². The molecule has 55 heavy (non-hydrogen) atoms. The zero-order chi connectivity index (χ0) is 39.2. The number of aliphatic hydroxyl groups is 1. The summed E-state index contributed by atoms with van der Waals surface area (Å²) in [6.45, 7) is 4.76. The molecule has 13 nitrogen and oxygen atoms in total. The summed E-state index contributed by atoms with van der Waals surface area (Å²) < 4.78 is 36.3. The number of nitrogens with zero attached hydrogens (tertiary/aromatic N) is 2. The highest BCUT2D eigenvalue weighted by molar-refractivity contribution is 6.03. The molecule has 4 atom stereocenters. The summed E-state index contributed by atoms with van der Waals surface area (Å²) in [4.78, 5) is 43.3. The van der Waals surface area contributed by atoms with Crippen LogP contribution in [0.5, 0.6) is 11.5 Å². The summed E-state index contributed by atoms with van der Waals surface area (Å²) in [5, 5.41) is 14.4. The summed E-state index contributed by atoms with van der Waals surface area (Å²) in [5.41, 5.74) is -0.392. The molecule has 2 N–H and O–H groups in total. The van der Waals surface area contributed by atoms with Crippen molar-refractivity contribution in [3.8, 4) is 11.5 Å². The van der Waals surface area contributed by atoms with Crippen LogP contribution in [-0.4, -0.2) is 71.5 Å². The van der Waals surface area contributed by atoms with Gasteiger partial charge in [-0.05, 0) is 79.9 Å². The van der Waals surface area contributed by atoms with E-state index in [-0.39, 0.29) is 12.4 Å². The lowest BCUT2D eigenvalue weighted by atomic mass is 9.80. The number of carbonyl (C=O) groups is 2. The van der Waals surface area contributed by atoms with Crippen molar-refractivity contribution in [1.29, 1.82) is 0 Å². The molecule has 286 valence electrons. The van der Waals surface area contributed by atoms with Gasteiger partial charge in [0.05, 0.1) is 20.8 Å². The number of nitrogens with one attached hydrogen (secondary N) is 1. The van der Waals surface area contributed by atoms with Crippen molar-refractivity contribution in [3.63, 3.8) is 0 Å². The Labute approximate surface area is 318 Å². The zero-order valence-electron chi connectivity index (χ0n) is 31.1. The molecule has 0 spiro atoms. The van der Waals surface area contributed by atoms with Crippen LogP contribution in [-0.2, 0) is 24.5 Å². The third-order valence-corrected chi connectivity index (χ3v) is 8.95. The quantitative estimate of drug-likeness (QED) is 0.112. The molecule has 0 unspecified atom stereocenters. The van der Waals surface area contributed by atoms with Crippen LogP contribution >= 0.6 is 0 Å². The molecule has 1 fully saturated rings. The van der Waals surface area contributed by atoms with E-state index in [4.69, 9.17) is 28.4 Å². The van der Waals surface area contributed by atoms with Gasteiger partial charge in [-0.15, -0.1) is 0 Å². The number of rotatable bonds is 12. The van der Waals surface area contributed by atoms with Gasteiger partial charge in [0.15, 0.2) is 12.3 Å². The van der Waals surface area contributed by atoms with Gasteiger partial charge in [0.1, 0.15) is 40.7 Å². The molecule has 6 rings (SSSR count). The van der Waals surface area contributed by atoms with Crippen LogP contribution in [0.4, 0.5) is 10.6 Å². The van der Waals surface area contributed by atoms with Gasteiger partial charge in [-0.3, -0.25) is 9.36 Å². The number of methoxy groups -OCH3 is 2. The number of carbonyl (C=O) groups excluding carboxylic acids is 2. The number of aliphatic hydroxyl groups excluding tert-OH is 1. The highest BCUT2D eigenvalue weighted by Crippen LogP contribution is 2.43. The smallest absolute Gasteiger partial charge is 0.497 e. The number of aromatic nitrogens is 2. The fourth-order valence-corrected chi connectivity index (χ4v) is 6.33. The molecule has 2 heterocycles. The van der Waals surface area contributed by atoms with Gasteiger partial charge in [-0.1, -0.05) is 72.8 Å². The van der Waals surface area contributed by atoms with Gasteiger partial charge in [-0.25, -0.2) is 9.59 Å². The van der Waals surface area contributed by atoms with Gasteiger partial charge in [0, 0.05) is 11.8 Å². The minimum absolute atomic E-state index is 0.00947. The van der Waals surface area contributed by atoms with Crippen molar-refractivity contribution in [3.05, 3.63) is 154 Å². The monoisotopic (exact) mass is 749 g/mol. The second-order valence-corrected chi connectivity index (χ2v) is 13.7. The average Bonchev–Trinajstić information content (AvgIpc) is 3.48. The number of anilines is 1. The van der Waals surface area contributed by atoms with Gasteiger partial charge < -0.3 is 38.8 Å². The largest absolute Gasteiger partial charge is 0.509 e. The maximum Gasteiger partial charge on any atom is 0.509 e. The lowest BCUT2D eigenvalue weighted by molar-refractivity contribution is -0.0981. The third-order valence-electron chi connectivity index (χ3n) is 8.95. The Kier molecular flexibility index (Phi) is 11.6. The van der Waals surface area contributed by atoms with Crippen molar-refractivity contribution in [2.75, 3.05) is 26.1 Å². The molecular formula is C42H43N3O10. The van der Waals surface area contributed by atoms with E-state index in [0.717, 1.165) is 21.3 Å². The number of ether oxygens (including phenoxy) is 6. The molecule has 1 aliphatic heterocycles. The number of hydrogen-bond acceptors (Lipinski definition) is 11. The van der Waals surface area contributed by atoms with Crippen molar-refractivity contribution in [2.24, 2.45) is 0 Å². The SMILES string of the molecule is COc1ccc(C(OC[C@H]2O[C@@H](n3ccc(NC(=O)c4ccccc4)nc3=O)[C@H](OC(=O)OC(C)(C)C)[C@@H]2O)(c2ccccc2)c2ccc(OC)cc2)cc1. The van der Waals surface area contributed by atoms with Crippen LogP contribution in [0.3, 0.4) is 0 Å². The number of benzene rings is 4. The fraction of sp³-hybridized carbons (Fsp3) is 0.286. The van der Waals surface area contributed by atoms with E-state index < -0.39 is 53.5 Å². The Morgan fingerprint density at radius 3 is 1.87 bits per heavy atom. The standard InChI is InChI=1S/C42H43N3O10/c1-41(2,3)55-40(49)54-36-35(46)33(53-38(36)45-25-24-34(44-39(45)48)43-37(47)27-12-8-6-9-13-27)26-52-42(28-14-10-7-11-15-28,29-16-20-31(50-4)21-17-29)30-18-22-32(51-5)23-19-30/h6-25,33,35-36,38,46H,26H2,1-5H3,(H,43,44,47,48)/t33-,35-,36-,38-/m1/s1. The van der Waals surface area contributed by atoms with Crippen LogP contribution < -0.4 is 20.5 Å². The first-order valence-electron chi connectivity index (χ1n) is 17.6. The lowest BCUT2D eigenvalue weighted by Gasteiger charge is -2.37. The van der Waals surface area contributed by atoms with E-state index in [1.54, 1.807) is 65.3 Å². The molecule has 1 aliphatic rings. The van der Waals surface area contributed by atoms with Crippen molar-refractivity contribution in [2.45, 2.75) is 56.5 Å². The molecule has 0 bridgehead atoms. The summed E-state index contributed by atoms with van der Waals surface area (Å²) >= 11 is 0. The predicted octanol–water partition coefficient (Wildman–Crippen LogP) is 6.10. The molecule has 1 amide bonds. The van der Waals surface area contributed by atoms with E-state index in [1.165, 1.54) is 12.3 Å². The maximum atomic E-state index is 13.5. The fourth-order valence-electron chi connectivity index (χ4n) is 6.33. The van der Waals surface area contributed by atoms with Crippen LogP contribution in [0.2, 0.25) is 0 Å². The first kappa shape index (κ1) is 38.7. The molecule has 1 aromatic heterocycles. The van der Waals surface area contributed by atoms with Crippen LogP contribution in [0.1, 0.15) is 54.0 Å². The number of amides is 1. The Balaban J connectivity index is 1.36. The first-order chi connectivity index (χ1) is 26.4. The minimum atomic E-state index is -1.50.